The fourth-order valence-corrected chi connectivity index (χ4v) is 1.15. The van der Waals surface area contributed by atoms with Gasteiger partial charge in [-0.1, -0.05) is 18.2 Å². The van der Waals surface area contributed by atoms with Crippen molar-refractivity contribution in [2.45, 2.75) is 6.92 Å². The summed E-state index contributed by atoms with van der Waals surface area (Å²) in [5.74, 6) is 0.835. The van der Waals surface area contributed by atoms with E-state index in [2.05, 4.69) is 0 Å². The number of nitrogens with zero attached hydrogens (tertiary/aromatic N) is 1. The normalized spacial score (nSPS) is 9.79. The molecule has 0 amide bonds. The molecule has 70 valence electrons. The molecule has 0 N–H and O–H groups in total. The van der Waals surface area contributed by atoms with Crippen molar-refractivity contribution < 1.29 is 9.57 Å². The highest BCUT2D eigenvalue weighted by Crippen LogP contribution is 2.06. The van der Waals surface area contributed by atoms with Gasteiger partial charge in [0.05, 0.1) is 0 Å². The molecule has 1 aromatic carbocycles. The van der Waals surface area contributed by atoms with Gasteiger partial charge in [-0.25, -0.2) is 4.84 Å². The minimum absolute atomic E-state index is 0.835. The van der Waals surface area contributed by atoms with Gasteiger partial charge in [0, 0.05) is 16.9 Å². The fourth-order valence-electron chi connectivity index (χ4n) is 1.15. The summed E-state index contributed by atoms with van der Waals surface area (Å²) in [7, 11) is 0. The zero-order chi connectivity index (χ0) is 9.80. The van der Waals surface area contributed by atoms with Gasteiger partial charge in [-0.15, -0.1) is 0 Å². The van der Waals surface area contributed by atoms with E-state index >= 15 is 0 Å². The maximum absolute atomic E-state index is 5.55. The van der Waals surface area contributed by atoms with E-state index in [1.807, 2.05) is 61.8 Å². The Morgan fingerprint density at radius 3 is 2.21 bits per heavy atom. The molecule has 0 spiro atoms. The monoisotopic (exact) mass is 186 g/mol. The summed E-state index contributed by atoms with van der Waals surface area (Å²) in [6.45, 7) is 2.05. The maximum atomic E-state index is 5.55. The first-order chi connectivity index (χ1) is 6.84. The molecule has 2 rings (SSSR count). The predicted molar refractivity (Wildman–Crippen MR) is 53.8 cm³/mol. The Bertz CT molecular complexity index is 394. The zero-order valence-electron chi connectivity index (χ0n) is 8.05. The number of aryl methyl sites for hydroxylation is 1. The largest absolute Gasteiger partial charge is 0.232 e. The minimum atomic E-state index is 0.835. The number of pyridine rings is 1. The standard InChI is InChI=1S/C12H12NO/c1-11-7-9-13(10-8-11)14-12-5-3-2-4-6-12/h2-10H,1H3/q+1. The van der Waals surface area contributed by atoms with Gasteiger partial charge >= 0.3 is 0 Å². The topological polar surface area (TPSA) is 13.1 Å². The summed E-state index contributed by atoms with van der Waals surface area (Å²) in [6.07, 6.45) is 3.78. The van der Waals surface area contributed by atoms with Crippen LogP contribution in [0, 0.1) is 6.92 Å². The summed E-state index contributed by atoms with van der Waals surface area (Å²) in [5.41, 5.74) is 1.22. The molecule has 1 heterocycles. The SMILES string of the molecule is Cc1cc[n+](Oc2ccccc2)cc1. The summed E-state index contributed by atoms with van der Waals surface area (Å²) in [5, 5.41) is 0. The van der Waals surface area contributed by atoms with Crippen LogP contribution in [0.25, 0.3) is 0 Å². The van der Waals surface area contributed by atoms with Crippen molar-refractivity contribution in [1.82, 2.24) is 0 Å². The number of benzene rings is 1. The molecule has 0 fully saturated rings. The quantitative estimate of drug-likeness (QED) is 0.655. The van der Waals surface area contributed by atoms with E-state index in [9.17, 15) is 0 Å². The lowest BCUT2D eigenvalue weighted by atomic mass is 10.3. The van der Waals surface area contributed by atoms with Gasteiger partial charge in [-0.2, -0.15) is 0 Å². The van der Waals surface area contributed by atoms with Crippen LogP contribution < -0.4 is 9.57 Å². The Hall–Kier alpha value is -1.83. The minimum Gasteiger partial charge on any atom is -0.232 e. The number of hydrogen-bond donors (Lipinski definition) is 0. The van der Waals surface area contributed by atoms with Crippen LogP contribution in [0.5, 0.6) is 5.75 Å². The summed E-state index contributed by atoms with van der Waals surface area (Å²) < 4.78 is 1.68. The van der Waals surface area contributed by atoms with E-state index < -0.39 is 0 Å². The highest BCUT2D eigenvalue weighted by atomic mass is 16.7. The molecule has 0 aliphatic carbocycles. The highest BCUT2D eigenvalue weighted by Gasteiger charge is 2.01. The second kappa shape index (κ2) is 3.92. The molecule has 0 radical (unpaired) electrons. The maximum Gasteiger partial charge on any atom is 0.223 e. The Kier molecular flexibility index (Phi) is 2.45. The number of aromatic nitrogens is 1. The molecule has 0 aliphatic heterocycles. The van der Waals surface area contributed by atoms with Crippen LogP contribution in [0.15, 0.2) is 54.9 Å². The molecule has 2 heteroatoms. The zero-order valence-corrected chi connectivity index (χ0v) is 8.05. The van der Waals surface area contributed by atoms with E-state index in [1.165, 1.54) is 5.56 Å². The average molecular weight is 186 g/mol. The van der Waals surface area contributed by atoms with E-state index in [0.29, 0.717) is 0 Å². The first-order valence-electron chi connectivity index (χ1n) is 4.56. The lowest BCUT2D eigenvalue weighted by Gasteiger charge is -1.96. The third-order valence-corrected chi connectivity index (χ3v) is 1.92. The number of hydrogen-bond acceptors (Lipinski definition) is 1. The van der Waals surface area contributed by atoms with Gasteiger partial charge in [-0.3, -0.25) is 0 Å². The summed E-state index contributed by atoms with van der Waals surface area (Å²) >= 11 is 0. The molecule has 0 saturated carbocycles. The molecule has 0 saturated heterocycles. The van der Waals surface area contributed by atoms with Crippen molar-refractivity contribution in [3.05, 3.63) is 60.4 Å². The Morgan fingerprint density at radius 1 is 0.929 bits per heavy atom. The van der Waals surface area contributed by atoms with Crippen LogP contribution in [0.2, 0.25) is 0 Å². The Labute approximate surface area is 83.4 Å². The third-order valence-electron chi connectivity index (χ3n) is 1.92. The highest BCUT2D eigenvalue weighted by molar-refractivity contribution is 5.20. The molecule has 2 nitrogen and oxygen atoms in total. The van der Waals surface area contributed by atoms with Crippen LogP contribution in [-0.4, -0.2) is 0 Å². The molecular weight excluding hydrogens is 174 g/mol. The lowest BCUT2D eigenvalue weighted by Crippen LogP contribution is -2.38. The Morgan fingerprint density at radius 2 is 1.57 bits per heavy atom. The van der Waals surface area contributed by atoms with Gasteiger partial charge < -0.3 is 0 Å². The number of para-hydroxylation sites is 1. The predicted octanol–water partition coefficient (Wildman–Crippen LogP) is 2.12. The lowest BCUT2D eigenvalue weighted by molar-refractivity contribution is -0.875. The first-order valence-corrected chi connectivity index (χ1v) is 4.56. The van der Waals surface area contributed by atoms with Crippen LogP contribution in [0.1, 0.15) is 5.56 Å². The van der Waals surface area contributed by atoms with Gasteiger partial charge in [0.25, 0.3) is 0 Å². The smallest absolute Gasteiger partial charge is 0.223 e. The van der Waals surface area contributed by atoms with Crippen LogP contribution in [-0.2, 0) is 0 Å². The molecule has 0 atom stereocenters. The second-order valence-corrected chi connectivity index (χ2v) is 3.14. The fraction of sp³-hybridized carbons (Fsp3) is 0.0833. The van der Waals surface area contributed by atoms with E-state index in [4.69, 9.17) is 4.84 Å². The first kappa shape index (κ1) is 8.75. The molecular formula is C12H12NO+. The van der Waals surface area contributed by atoms with Gasteiger partial charge in [-0.05, 0) is 24.6 Å². The summed E-state index contributed by atoms with van der Waals surface area (Å²) in [4.78, 5) is 5.55. The van der Waals surface area contributed by atoms with Crippen molar-refractivity contribution >= 4 is 0 Å². The molecule has 0 unspecified atom stereocenters. The number of rotatable bonds is 2. The van der Waals surface area contributed by atoms with Crippen molar-refractivity contribution in [2.75, 3.05) is 0 Å². The van der Waals surface area contributed by atoms with E-state index in [0.717, 1.165) is 5.75 Å². The molecule has 2 aromatic rings. The molecule has 1 aromatic heterocycles. The van der Waals surface area contributed by atoms with Crippen molar-refractivity contribution in [1.29, 1.82) is 0 Å². The molecule has 0 bridgehead atoms. The van der Waals surface area contributed by atoms with E-state index in [1.54, 1.807) is 4.73 Å². The Balaban J connectivity index is 2.16. The second-order valence-electron chi connectivity index (χ2n) is 3.14. The van der Waals surface area contributed by atoms with Crippen molar-refractivity contribution in [2.24, 2.45) is 0 Å². The van der Waals surface area contributed by atoms with Gasteiger partial charge in [0.15, 0.2) is 0 Å². The van der Waals surface area contributed by atoms with Crippen LogP contribution >= 0.6 is 0 Å². The average Bonchev–Trinajstić information content (AvgIpc) is 2.23. The van der Waals surface area contributed by atoms with Crippen LogP contribution in [0.4, 0.5) is 0 Å². The molecule has 0 aliphatic rings. The third kappa shape index (κ3) is 2.10. The van der Waals surface area contributed by atoms with Crippen LogP contribution in [0.3, 0.4) is 0 Å². The van der Waals surface area contributed by atoms with Gasteiger partial charge in [0.1, 0.15) is 0 Å². The van der Waals surface area contributed by atoms with Crippen molar-refractivity contribution in [3.8, 4) is 5.75 Å². The van der Waals surface area contributed by atoms with Gasteiger partial charge in [0.2, 0.25) is 18.1 Å². The van der Waals surface area contributed by atoms with E-state index in [-0.39, 0.29) is 0 Å². The summed E-state index contributed by atoms with van der Waals surface area (Å²) in [6, 6.07) is 13.7. The molecule has 14 heavy (non-hydrogen) atoms. The van der Waals surface area contributed by atoms with Crippen molar-refractivity contribution in [3.63, 3.8) is 0 Å².